The minimum absolute atomic E-state index is 0.0234. The summed E-state index contributed by atoms with van der Waals surface area (Å²) in [5, 5.41) is 7.54. The predicted octanol–water partition coefficient (Wildman–Crippen LogP) is 3.30. The molecule has 7 nitrogen and oxygen atoms in total. The van der Waals surface area contributed by atoms with Crippen LogP contribution in [0, 0.1) is 0 Å². The maximum Gasteiger partial charge on any atom is 0.247 e. The first-order chi connectivity index (χ1) is 12.5. The molecule has 3 rings (SSSR count). The molecule has 26 heavy (non-hydrogen) atoms. The number of carbonyl (C=O) groups is 2. The minimum atomic E-state index is -0.708. The van der Waals surface area contributed by atoms with Gasteiger partial charge >= 0.3 is 0 Å². The summed E-state index contributed by atoms with van der Waals surface area (Å²) in [4.78, 5) is 25.9. The van der Waals surface area contributed by atoms with Crippen LogP contribution in [0.15, 0.2) is 51.2 Å². The van der Waals surface area contributed by atoms with Gasteiger partial charge in [-0.1, -0.05) is 35.0 Å². The fourth-order valence-electron chi connectivity index (χ4n) is 2.28. The third kappa shape index (κ3) is 4.09. The second-order valence-electron chi connectivity index (χ2n) is 5.17. The monoisotopic (exact) mass is 410 g/mol. The van der Waals surface area contributed by atoms with Gasteiger partial charge in [-0.3, -0.25) is 9.59 Å². The zero-order valence-corrected chi connectivity index (χ0v) is 15.5. The smallest absolute Gasteiger partial charge is 0.247 e. The van der Waals surface area contributed by atoms with Crippen molar-refractivity contribution in [3.05, 3.63) is 52.4 Å². The third-order valence-electron chi connectivity index (χ3n) is 3.40. The number of halogens is 2. The lowest BCUT2D eigenvalue weighted by atomic mass is 10.3. The first-order valence-corrected chi connectivity index (χ1v) is 8.98. The van der Waals surface area contributed by atoms with Crippen LogP contribution in [0.1, 0.15) is 12.2 Å². The number of thioether (sulfide) groups is 1. The number of amidine groups is 1. The Morgan fingerprint density at radius 1 is 1.35 bits per heavy atom. The number of anilines is 1. The Morgan fingerprint density at radius 2 is 2.15 bits per heavy atom. The predicted molar refractivity (Wildman–Crippen MR) is 103 cm³/mol. The number of imide groups is 1. The number of benzene rings is 1. The summed E-state index contributed by atoms with van der Waals surface area (Å²) in [6, 6.07) is 7.99. The zero-order valence-electron chi connectivity index (χ0n) is 13.1. The van der Waals surface area contributed by atoms with E-state index in [9.17, 15) is 9.59 Å². The lowest BCUT2D eigenvalue weighted by molar-refractivity contribution is -0.121. The molecule has 1 aliphatic heterocycles. The minimum Gasteiger partial charge on any atom is -0.463 e. The number of carbonyl (C=O) groups excluding carboxylic acids is 2. The van der Waals surface area contributed by atoms with Crippen LogP contribution in [0.4, 0.5) is 5.69 Å². The quantitative estimate of drug-likeness (QED) is 0.360. The van der Waals surface area contributed by atoms with Gasteiger partial charge in [0.15, 0.2) is 5.17 Å². The van der Waals surface area contributed by atoms with E-state index >= 15 is 0 Å². The number of hydrogen-bond donors (Lipinski definition) is 1. The molecule has 1 aromatic heterocycles. The molecule has 0 saturated carbocycles. The van der Waals surface area contributed by atoms with Gasteiger partial charge in [-0.05, 0) is 30.3 Å². The van der Waals surface area contributed by atoms with Crippen molar-refractivity contribution in [2.45, 2.75) is 11.7 Å². The summed E-state index contributed by atoms with van der Waals surface area (Å²) in [5.74, 6) is -0.304. The van der Waals surface area contributed by atoms with Crippen LogP contribution in [0.5, 0.6) is 0 Å². The molecule has 0 unspecified atom stereocenters. The van der Waals surface area contributed by atoms with Crippen LogP contribution in [0.3, 0.4) is 0 Å². The summed E-state index contributed by atoms with van der Waals surface area (Å²) in [5.41, 5.74) is 6.03. The lowest BCUT2D eigenvalue weighted by Crippen LogP contribution is -2.32. The maximum absolute atomic E-state index is 12.6. The Morgan fingerprint density at radius 3 is 2.88 bits per heavy atom. The molecular weight excluding hydrogens is 399 g/mol. The van der Waals surface area contributed by atoms with E-state index in [0.29, 0.717) is 10.8 Å². The number of amides is 2. The van der Waals surface area contributed by atoms with Crippen molar-refractivity contribution in [2.24, 2.45) is 15.9 Å². The highest BCUT2D eigenvalue weighted by molar-refractivity contribution is 8.14. The Labute approximate surface area is 162 Å². The Bertz CT molecular complexity index is 899. The second kappa shape index (κ2) is 7.94. The van der Waals surface area contributed by atoms with Crippen molar-refractivity contribution in [1.29, 1.82) is 0 Å². The number of hydrogen-bond acceptors (Lipinski definition) is 6. The van der Waals surface area contributed by atoms with E-state index in [2.05, 4.69) is 10.2 Å². The summed E-state index contributed by atoms with van der Waals surface area (Å²) < 4.78 is 5.07. The largest absolute Gasteiger partial charge is 0.463 e. The SMILES string of the molecule is NC(=N/N=C\c1ccco1)S[C@@H]1CC(=O)N(c2cc(Cl)ccc2Cl)C1=O. The van der Waals surface area contributed by atoms with Crippen molar-refractivity contribution in [3.63, 3.8) is 0 Å². The summed E-state index contributed by atoms with van der Waals surface area (Å²) in [7, 11) is 0. The number of furan rings is 1. The number of nitrogens with zero attached hydrogens (tertiary/aromatic N) is 3. The van der Waals surface area contributed by atoms with Gasteiger partial charge in [0.2, 0.25) is 11.8 Å². The van der Waals surface area contributed by atoms with Gasteiger partial charge in [-0.25, -0.2) is 4.90 Å². The lowest BCUT2D eigenvalue weighted by Gasteiger charge is -2.16. The molecule has 0 spiro atoms. The van der Waals surface area contributed by atoms with E-state index in [1.54, 1.807) is 18.2 Å². The van der Waals surface area contributed by atoms with Gasteiger partial charge in [0.05, 0.1) is 23.2 Å². The summed E-state index contributed by atoms with van der Waals surface area (Å²) in [6.07, 6.45) is 2.86. The van der Waals surface area contributed by atoms with Crippen molar-refractivity contribution in [3.8, 4) is 0 Å². The highest BCUT2D eigenvalue weighted by Crippen LogP contribution is 2.35. The average molecular weight is 411 g/mol. The van der Waals surface area contributed by atoms with E-state index in [4.69, 9.17) is 33.4 Å². The number of rotatable bonds is 4. The van der Waals surface area contributed by atoms with Crippen LogP contribution in [0.25, 0.3) is 0 Å². The fraction of sp³-hybridized carbons (Fsp3) is 0.125. The Kier molecular flexibility index (Phi) is 5.65. The topological polar surface area (TPSA) is 101 Å². The van der Waals surface area contributed by atoms with Crippen molar-refractivity contribution in [1.82, 2.24) is 0 Å². The van der Waals surface area contributed by atoms with E-state index in [1.807, 2.05) is 0 Å². The van der Waals surface area contributed by atoms with E-state index < -0.39 is 11.2 Å². The molecule has 2 N–H and O–H groups in total. The van der Waals surface area contributed by atoms with Crippen molar-refractivity contribution in [2.75, 3.05) is 4.90 Å². The highest BCUT2D eigenvalue weighted by atomic mass is 35.5. The van der Waals surface area contributed by atoms with Crippen molar-refractivity contribution >= 4 is 63.8 Å². The van der Waals surface area contributed by atoms with Gasteiger partial charge in [0.25, 0.3) is 0 Å². The molecule has 0 bridgehead atoms. The molecule has 10 heteroatoms. The molecule has 1 aliphatic rings. The van der Waals surface area contributed by atoms with Crippen LogP contribution in [0.2, 0.25) is 10.0 Å². The Hall–Kier alpha value is -2.29. The van der Waals surface area contributed by atoms with Crippen LogP contribution in [-0.4, -0.2) is 28.4 Å². The van der Waals surface area contributed by atoms with Crippen LogP contribution < -0.4 is 10.6 Å². The molecule has 1 aromatic carbocycles. The van der Waals surface area contributed by atoms with Gasteiger partial charge in [0, 0.05) is 11.4 Å². The molecule has 2 heterocycles. The van der Waals surface area contributed by atoms with E-state index in [-0.39, 0.29) is 28.2 Å². The summed E-state index contributed by atoms with van der Waals surface area (Å²) in [6.45, 7) is 0. The Balaban J connectivity index is 1.71. The van der Waals surface area contributed by atoms with Gasteiger partial charge in [0.1, 0.15) is 11.0 Å². The molecule has 0 radical (unpaired) electrons. The molecule has 1 fully saturated rings. The highest BCUT2D eigenvalue weighted by Gasteiger charge is 2.41. The van der Waals surface area contributed by atoms with Crippen LogP contribution in [-0.2, 0) is 9.59 Å². The molecule has 0 aliphatic carbocycles. The average Bonchev–Trinajstić information content (AvgIpc) is 3.19. The maximum atomic E-state index is 12.6. The van der Waals surface area contributed by atoms with Gasteiger partial charge < -0.3 is 10.2 Å². The third-order valence-corrected chi connectivity index (χ3v) is 4.93. The second-order valence-corrected chi connectivity index (χ2v) is 7.24. The standard InChI is InChI=1S/C16H12Cl2N4O3S/c17-9-3-4-11(18)12(6-9)22-14(23)7-13(15(22)24)26-16(19)21-20-8-10-2-1-5-25-10/h1-6,8,13H,7H2,(H2,19,21)/b20-8-/t13-/m1/s1. The van der Waals surface area contributed by atoms with Crippen LogP contribution >= 0.6 is 35.0 Å². The first-order valence-electron chi connectivity index (χ1n) is 7.34. The summed E-state index contributed by atoms with van der Waals surface area (Å²) >= 11 is 13.0. The molecular formula is C16H12Cl2N4O3S. The van der Waals surface area contributed by atoms with E-state index in [1.165, 1.54) is 24.6 Å². The van der Waals surface area contributed by atoms with E-state index in [0.717, 1.165) is 16.7 Å². The number of nitrogens with two attached hydrogens (primary N) is 1. The van der Waals surface area contributed by atoms with Gasteiger partial charge in [-0.15, -0.1) is 5.10 Å². The first kappa shape index (κ1) is 18.5. The molecule has 2 amide bonds. The molecule has 1 saturated heterocycles. The molecule has 134 valence electrons. The normalized spacial score (nSPS) is 18.3. The molecule has 2 aromatic rings. The van der Waals surface area contributed by atoms with Crippen molar-refractivity contribution < 1.29 is 14.0 Å². The zero-order chi connectivity index (χ0) is 18.7. The molecule has 1 atom stereocenters. The van der Waals surface area contributed by atoms with Gasteiger partial charge in [-0.2, -0.15) is 5.10 Å². The fourth-order valence-corrected chi connectivity index (χ4v) is 3.47.